The molecule has 0 bridgehead atoms. The zero-order chi connectivity index (χ0) is 17.0. The highest BCUT2D eigenvalue weighted by molar-refractivity contribution is 6.07. The van der Waals surface area contributed by atoms with E-state index < -0.39 is 10.8 Å². The normalized spacial score (nSPS) is 10.0. The number of para-hydroxylation sites is 1. The summed E-state index contributed by atoms with van der Waals surface area (Å²) in [6.45, 7) is 1.75. The van der Waals surface area contributed by atoms with Gasteiger partial charge in [0.1, 0.15) is 0 Å². The van der Waals surface area contributed by atoms with Crippen LogP contribution in [-0.2, 0) is 0 Å². The van der Waals surface area contributed by atoms with Crippen molar-refractivity contribution in [2.24, 2.45) is 0 Å². The molecular weight excluding hydrogens is 300 g/mol. The summed E-state index contributed by atoms with van der Waals surface area (Å²) < 4.78 is 10.4. The first-order valence-electron chi connectivity index (χ1n) is 6.75. The Morgan fingerprint density at radius 1 is 1.17 bits per heavy atom. The molecule has 7 nitrogen and oxygen atoms in total. The number of nitrogens with one attached hydrogen (secondary N) is 1. The molecule has 2 aromatic carbocycles. The Kier molecular flexibility index (Phi) is 4.80. The van der Waals surface area contributed by atoms with Crippen LogP contribution in [0.5, 0.6) is 11.5 Å². The number of aryl methyl sites for hydroxylation is 1. The van der Waals surface area contributed by atoms with Gasteiger partial charge in [-0.25, -0.2) is 0 Å². The number of amides is 1. The Bertz CT molecular complexity index is 758. The summed E-state index contributed by atoms with van der Waals surface area (Å²) in [6, 6.07) is 9.21. The number of nitro benzene ring substituents is 1. The van der Waals surface area contributed by atoms with Crippen LogP contribution in [0, 0.1) is 17.0 Å². The Balaban J connectivity index is 2.37. The van der Waals surface area contributed by atoms with Crippen molar-refractivity contribution in [1.82, 2.24) is 0 Å². The largest absolute Gasteiger partial charge is 0.493 e. The maximum atomic E-state index is 12.5. The van der Waals surface area contributed by atoms with E-state index in [-0.39, 0.29) is 11.3 Å². The topological polar surface area (TPSA) is 90.7 Å². The number of hydrogen-bond donors (Lipinski definition) is 1. The minimum atomic E-state index is -0.513. The molecule has 120 valence electrons. The van der Waals surface area contributed by atoms with Gasteiger partial charge in [0.15, 0.2) is 11.5 Å². The second-order valence-electron chi connectivity index (χ2n) is 4.75. The third-order valence-corrected chi connectivity index (χ3v) is 3.33. The van der Waals surface area contributed by atoms with E-state index in [9.17, 15) is 14.9 Å². The van der Waals surface area contributed by atoms with Gasteiger partial charge in [-0.2, -0.15) is 0 Å². The summed E-state index contributed by atoms with van der Waals surface area (Å²) in [5, 5.41) is 13.5. The van der Waals surface area contributed by atoms with Crippen LogP contribution in [0.15, 0.2) is 36.4 Å². The summed E-state index contributed by atoms with van der Waals surface area (Å²) in [7, 11) is 2.91. The predicted octanol–water partition coefficient (Wildman–Crippen LogP) is 3.17. The van der Waals surface area contributed by atoms with Gasteiger partial charge in [-0.3, -0.25) is 14.9 Å². The molecule has 0 spiro atoms. The molecule has 0 radical (unpaired) electrons. The zero-order valence-corrected chi connectivity index (χ0v) is 13.0. The third kappa shape index (κ3) is 3.39. The van der Waals surface area contributed by atoms with Crippen molar-refractivity contribution in [3.05, 3.63) is 57.6 Å². The number of nitro groups is 1. The fourth-order valence-electron chi connectivity index (χ4n) is 2.11. The summed E-state index contributed by atoms with van der Waals surface area (Å²) in [5.74, 6) is 0.288. The van der Waals surface area contributed by atoms with E-state index in [4.69, 9.17) is 9.47 Å². The van der Waals surface area contributed by atoms with Crippen LogP contribution in [0.4, 0.5) is 11.4 Å². The number of ether oxygens (including phenoxy) is 2. The van der Waals surface area contributed by atoms with Crippen LogP contribution in [0.1, 0.15) is 15.9 Å². The number of methoxy groups -OCH3 is 2. The molecule has 1 N–H and O–H groups in total. The van der Waals surface area contributed by atoms with Crippen LogP contribution < -0.4 is 14.8 Å². The van der Waals surface area contributed by atoms with Gasteiger partial charge in [-0.05, 0) is 24.6 Å². The summed E-state index contributed by atoms with van der Waals surface area (Å²) in [6.07, 6.45) is 0. The van der Waals surface area contributed by atoms with Crippen LogP contribution in [0.3, 0.4) is 0 Å². The van der Waals surface area contributed by atoms with E-state index in [2.05, 4.69) is 5.32 Å². The molecule has 0 aromatic heterocycles. The van der Waals surface area contributed by atoms with E-state index in [0.29, 0.717) is 22.7 Å². The second-order valence-corrected chi connectivity index (χ2v) is 4.75. The maximum Gasteiger partial charge on any atom is 0.271 e. The number of hydrogen-bond acceptors (Lipinski definition) is 5. The van der Waals surface area contributed by atoms with Gasteiger partial charge < -0.3 is 14.8 Å². The van der Waals surface area contributed by atoms with Crippen LogP contribution >= 0.6 is 0 Å². The van der Waals surface area contributed by atoms with Crippen LogP contribution in [0.2, 0.25) is 0 Å². The lowest BCUT2D eigenvalue weighted by molar-refractivity contribution is -0.384. The van der Waals surface area contributed by atoms with Crippen molar-refractivity contribution < 1.29 is 19.2 Å². The molecule has 0 saturated carbocycles. The van der Waals surface area contributed by atoms with E-state index >= 15 is 0 Å². The highest BCUT2D eigenvalue weighted by atomic mass is 16.6. The van der Waals surface area contributed by atoms with Crippen molar-refractivity contribution >= 4 is 17.3 Å². The summed E-state index contributed by atoms with van der Waals surface area (Å²) in [5.41, 5.74) is 1.26. The molecule has 0 aliphatic heterocycles. The Morgan fingerprint density at radius 2 is 1.91 bits per heavy atom. The number of nitrogens with zero attached hydrogens (tertiary/aromatic N) is 1. The lowest BCUT2D eigenvalue weighted by atomic mass is 10.1. The van der Waals surface area contributed by atoms with Crippen LogP contribution in [0.25, 0.3) is 0 Å². The number of carbonyl (C=O) groups excluding carboxylic acids is 1. The minimum Gasteiger partial charge on any atom is -0.493 e. The molecule has 2 aromatic rings. The summed E-state index contributed by atoms with van der Waals surface area (Å²) in [4.78, 5) is 22.8. The van der Waals surface area contributed by atoms with Crippen molar-refractivity contribution in [1.29, 1.82) is 0 Å². The molecule has 1 amide bonds. The molecule has 0 atom stereocenters. The van der Waals surface area contributed by atoms with Gasteiger partial charge in [0, 0.05) is 12.1 Å². The first kappa shape index (κ1) is 16.3. The zero-order valence-electron chi connectivity index (χ0n) is 13.0. The molecule has 0 aliphatic rings. The van der Waals surface area contributed by atoms with Gasteiger partial charge in [0.2, 0.25) is 0 Å². The van der Waals surface area contributed by atoms with Gasteiger partial charge in [-0.15, -0.1) is 0 Å². The Morgan fingerprint density at radius 3 is 2.52 bits per heavy atom. The average Bonchev–Trinajstić information content (AvgIpc) is 2.55. The fourth-order valence-corrected chi connectivity index (χ4v) is 2.11. The highest BCUT2D eigenvalue weighted by Crippen LogP contribution is 2.31. The molecule has 2 rings (SSSR count). The molecule has 0 aliphatic carbocycles. The second kappa shape index (κ2) is 6.78. The molecule has 7 heteroatoms. The molecular formula is C16H16N2O5. The lowest BCUT2D eigenvalue weighted by Crippen LogP contribution is -2.14. The smallest absolute Gasteiger partial charge is 0.271 e. The number of benzene rings is 2. The monoisotopic (exact) mass is 316 g/mol. The Hall–Kier alpha value is -3.09. The summed E-state index contributed by atoms with van der Waals surface area (Å²) >= 11 is 0. The lowest BCUT2D eigenvalue weighted by Gasteiger charge is -2.13. The van der Waals surface area contributed by atoms with Gasteiger partial charge in [-0.1, -0.05) is 12.1 Å². The van der Waals surface area contributed by atoms with E-state index in [1.54, 1.807) is 31.2 Å². The van der Waals surface area contributed by atoms with Gasteiger partial charge in [0.25, 0.3) is 11.6 Å². The molecule has 23 heavy (non-hydrogen) atoms. The van der Waals surface area contributed by atoms with Gasteiger partial charge >= 0.3 is 0 Å². The van der Waals surface area contributed by atoms with Crippen molar-refractivity contribution in [2.75, 3.05) is 19.5 Å². The SMILES string of the molecule is COc1cccc(C(=O)Nc2cc([N+](=O)[O-])ccc2C)c1OC. The number of non-ortho nitro benzene ring substituents is 1. The van der Waals surface area contributed by atoms with E-state index in [1.807, 2.05) is 0 Å². The minimum absolute atomic E-state index is 0.0940. The van der Waals surface area contributed by atoms with Gasteiger partial charge in [0.05, 0.1) is 30.4 Å². The highest BCUT2D eigenvalue weighted by Gasteiger charge is 2.18. The number of carbonyl (C=O) groups is 1. The quantitative estimate of drug-likeness (QED) is 0.676. The standard InChI is InChI=1S/C16H16N2O5/c1-10-7-8-11(18(20)21)9-13(10)17-16(19)12-5-4-6-14(22-2)15(12)23-3/h4-9H,1-3H3,(H,17,19). The first-order valence-corrected chi connectivity index (χ1v) is 6.75. The van der Waals surface area contributed by atoms with Crippen molar-refractivity contribution in [2.45, 2.75) is 6.92 Å². The van der Waals surface area contributed by atoms with Crippen molar-refractivity contribution in [3.8, 4) is 11.5 Å². The van der Waals surface area contributed by atoms with Crippen molar-refractivity contribution in [3.63, 3.8) is 0 Å². The number of anilines is 1. The number of rotatable bonds is 5. The van der Waals surface area contributed by atoms with E-state index in [1.165, 1.54) is 26.4 Å². The fraction of sp³-hybridized carbons (Fsp3) is 0.188. The molecule has 0 fully saturated rings. The average molecular weight is 316 g/mol. The van der Waals surface area contributed by atoms with Crippen LogP contribution in [-0.4, -0.2) is 25.1 Å². The third-order valence-electron chi connectivity index (χ3n) is 3.33. The molecule has 0 saturated heterocycles. The predicted molar refractivity (Wildman–Crippen MR) is 85.3 cm³/mol. The van der Waals surface area contributed by atoms with E-state index in [0.717, 1.165) is 0 Å². The Labute approximate surface area is 133 Å². The molecule has 0 heterocycles. The maximum absolute atomic E-state index is 12.5. The first-order chi connectivity index (χ1) is 11.0. The molecule has 0 unspecified atom stereocenters.